The van der Waals surface area contributed by atoms with Gasteiger partial charge in [0.15, 0.2) is 0 Å². The van der Waals surface area contributed by atoms with Crippen molar-refractivity contribution < 1.29 is 4.74 Å². The summed E-state index contributed by atoms with van der Waals surface area (Å²) >= 11 is 3.54. The molecule has 0 unspecified atom stereocenters. The van der Waals surface area contributed by atoms with Crippen LogP contribution in [0.2, 0.25) is 0 Å². The lowest BCUT2D eigenvalue weighted by Crippen LogP contribution is -2.43. The predicted molar refractivity (Wildman–Crippen MR) is 92.3 cm³/mol. The van der Waals surface area contributed by atoms with Crippen LogP contribution >= 0.6 is 15.9 Å². The van der Waals surface area contributed by atoms with Crippen LogP contribution in [0.25, 0.3) is 0 Å². The number of fused-ring (bicyclic) bond motifs is 2. The van der Waals surface area contributed by atoms with Crippen LogP contribution in [0, 0.1) is 0 Å². The number of hydrogen-bond acceptors (Lipinski definition) is 2. The van der Waals surface area contributed by atoms with Crippen LogP contribution < -0.4 is 4.74 Å². The Hall–Kier alpha value is -1.32. The molecule has 0 amide bonds. The molecule has 0 aliphatic carbocycles. The van der Waals surface area contributed by atoms with Crippen molar-refractivity contribution >= 4 is 15.9 Å². The van der Waals surface area contributed by atoms with Gasteiger partial charge in [0.2, 0.25) is 0 Å². The first kappa shape index (κ1) is 14.3. The van der Waals surface area contributed by atoms with E-state index in [-0.39, 0.29) is 5.41 Å². The van der Waals surface area contributed by atoms with E-state index in [0.717, 1.165) is 36.5 Å². The molecule has 22 heavy (non-hydrogen) atoms. The molecule has 3 heteroatoms. The lowest BCUT2D eigenvalue weighted by molar-refractivity contribution is 0.130. The summed E-state index contributed by atoms with van der Waals surface area (Å²) in [5.41, 5.74) is 3.06. The van der Waals surface area contributed by atoms with E-state index in [9.17, 15) is 0 Å². The van der Waals surface area contributed by atoms with Crippen LogP contribution in [-0.2, 0) is 12.0 Å². The van der Waals surface area contributed by atoms with Crippen LogP contribution in [0.3, 0.4) is 0 Å². The second kappa shape index (κ2) is 5.71. The minimum absolute atomic E-state index is 0.239. The van der Waals surface area contributed by atoms with Gasteiger partial charge in [0, 0.05) is 22.0 Å². The van der Waals surface area contributed by atoms with Gasteiger partial charge in [-0.1, -0.05) is 52.3 Å². The zero-order chi connectivity index (χ0) is 15.0. The van der Waals surface area contributed by atoms with E-state index < -0.39 is 0 Å². The first-order valence-electron chi connectivity index (χ1n) is 7.94. The Morgan fingerprint density at radius 2 is 1.82 bits per heavy atom. The molecule has 0 saturated carbocycles. The molecule has 0 aromatic heterocycles. The number of hydrogen-bond donors (Lipinski definition) is 0. The van der Waals surface area contributed by atoms with Crippen LogP contribution in [-0.4, -0.2) is 24.6 Å². The lowest BCUT2D eigenvalue weighted by atomic mass is 9.74. The van der Waals surface area contributed by atoms with Gasteiger partial charge in [-0.05, 0) is 43.6 Å². The smallest absolute Gasteiger partial charge is 0.124 e. The quantitative estimate of drug-likeness (QED) is 0.790. The molecule has 114 valence electrons. The van der Waals surface area contributed by atoms with Crippen molar-refractivity contribution in [1.29, 1.82) is 0 Å². The maximum atomic E-state index is 5.98. The van der Waals surface area contributed by atoms with Gasteiger partial charge in [-0.15, -0.1) is 0 Å². The van der Waals surface area contributed by atoms with Crippen molar-refractivity contribution in [2.45, 2.75) is 24.8 Å². The van der Waals surface area contributed by atoms with E-state index in [1.54, 1.807) is 0 Å². The van der Waals surface area contributed by atoms with Crippen molar-refractivity contribution in [2.24, 2.45) is 0 Å². The second-order valence-electron chi connectivity index (χ2n) is 6.47. The number of piperidine rings is 1. The highest BCUT2D eigenvalue weighted by molar-refractivity contribution is 9.10. The molecule has 0 bridgehead atoms. The van der Waals surface area contributed by atoms with E-state index in [0.29, 0.717) is 0 Å². The van der Waals surface area contributed by atoms with Gasteiger partial charge in [0.1, 0.15) is 5.75 Å². The Labute approximate surface area is 140 Å². The van der Waals surface area contributed by atoms with Crippen molar-refractivity contribution in [1.82, 2.24) is 4.90 Å². The topological polar surface area (TPSA) is 12.5 Å². The average Bonchev–Trinajstić information content (AvgIpc) is 2.89. The molecule has 2 aromatic carbocycles. The molecule has 0 atom stereocenters. The van der Waals surface area contributed by atoms with Gasteiger partial charge in [-0.3, -0.25) is 4.90 Å². The Kier molecular flexibility index (Phi) is 3.71. The first-order valence-corrected chi connectivity index (χ1v) is 8.74. The first-order chi connectivity index (χ1) is 10.8. The fourth-order valence-corrected chi connectivity index (χ4v) is 4.08. The van der Waals surface area contributed by atoms with E-state index in [1.165, 1.54) is 24.0 Å². The number of benzene rings is 2. The summed E-state index contributed by atoms with van der Waals surface area (Å²) in [6.45, 7) is 4.20. The highest BCUT2D eigenvalue weighted by Gasteiger charge is 2.42. The number of nitrogens with zero attached hydrogens (tertiary/aromatic N) is 1. The Bertz CT molecular complexity index is 662. The second-order valence-corrected chi connectivity index (χ2v) is 7.39. The highest BCUT2D eigenvalue weighted by Crippen LogP contribution is 2.46. The van der Waals surface area contributed by atoms with Crippen LogP contribution in [0.5, 0.6) is 5.75 Å². The molecule has 1 spiro atoms. The molecule has 2 aromatic rings. The van der Waals surface area contributed by atoms with Crippen molar-refractivity contribution in [3.05, 3.63) is 64.1 Å². The molecule has 1 saturated heterocycles. The third-order valence-electron chi connectivity index (χ3n) is 5.08. The van der Waals surface area contributed by atoms with E-state index in [4.69, 9.17) is 4.74 Å². The summed E-state index contributed by atoms with van der Waals surface area (Å²) in [5.74, 6) is 1.07. The summed E-state index contributed by atoms with van der Waals surface area (Å²) in [6.07, 6.45) is 2.38. The normalized spacial score (nSPS) is 19.9. The van der Waals surface area contributed by atoms with E-state index >= 15 is 0 Å². The van der Waals surface area contributed by atoms with Crippen LogP contribution in [0.1, 0.15) is 24.0 Å². The third-order valence-corrected chi connectivity index (χ3v) is 5.57. The van der Waals surface area contributed by atoms with Crippen molar-refractivity contribution in [3.8, 4) is 5.75 Å². The highest BCUT2D eigenvalue weighted by atomic mass is 79.9. The number of likely N-dealkylation sites (tertiary alicyclic amines) is 1. The molecule has 2 nitrogen and oxygen atoms in total. The maximum Gasteiger partial charge on any atom is 0.124 e. The minimum Gasteiger partial charge on any atom is -0.492 e. The third kappa shape index (κ3) is 2.57. The zero-order valence-electron chi connectivity index (χ0n) is 12.6. The molecule has 1 fully saturated rings. The molecule has 0 N–H and O–H groups in total. The average molecular weight is 358 g/mol. The summed E-state index contributed by atoms with van der Waals surface area (Å²) in [7, 11) is 0. The number of ether oxygens (including phenoxy) is 1. The standard InChI is InChI=1S/C19H20BrNO/c20-16-6-7-17-18(12-16)22-14-19(17)8-10-21(11-9-19)13-15-4-2-1-3-5-15/h1-7,12H,8-11,13-14H2. The molecule has 2 heterocycles. The van der Waals surface area contributed by atoms with E-state index in [2.05, 4.69) is 69.4 Å². The molecular weight excluding hydrogens is 338 g/mol. The monoisotopic (exact) mass is 357 g/mol. The SMILES string of the molecule is Brc1ccc2c(c1)OCC21CCN(Cc2ccccc2)CC1. The van der Waals surface area contributed by atoms with Gasteiger partial charge in [-0.25, -0.2) is 0 Å². The predicted octanol–water partition coefficient (Wildman–Crippen LogP) is 4.38. The van der Waals surface area contributed by atoms with Gasteiger partial charge in [0.25, 0.3) is 0 Å². The Morgan fingerprint density at radius 1 is 1.05 bits per heavy atom. The molecule has 0 radical (unpaired) electrons. The maximum absolute atomic E-state index is 5.98. The van der Waals surface area contributed by atoms with Gasteiger partial charge < -0.3 is 4.74 Å². The van der Waals surface area contributed by atoms with Gasteiger partial charge in [0.05, 0.1) is 6.61 Å². The molecule has 4 rings (SSSR count). The van der Waals surface area contributed by atoms with Gasteiger partial charge in [-0.2, -0.15) is 0 Å². The zero-order valence-corrected chi connectivity index (χ0v) is 14.2. The fourth-order valence-electron chi connectivity index (χ4n) is 3.74. The summed E-state index contributed by atoms with van der Waals surface area (Å²) in [4.78, 5) is 2.57. The number of rotatable bonds is 2. The Balaban J connectivity index is 1.47. The molecule has 2 aliphatic heterocycles. The molecule has 2 aliphatic rings. The van der Waals surface area contributed by atoms with Crippen molar-refractivity contribution in [3.63, 3.8) is 0 Å². The largest absolute Gasteiger partial charge is 0.492 e. The van der Waals surface area contributed by atoms with Crippen molar-refractivity contribution in [2.75, 3.05) is 19.7 Å². The summed E-state index contributed by atoms with van der Waals surface area (Å²) < 4.78 is 7.08. The van der Waals surface area contributed by atoms with E-state index in [1.807, 2.05) is 0 Å². The minimum atomic E-state index is 0.239. The summed E-state index contributed by atoms with van der Waals surface area (Å²) in [6, 6.07) is 17.3. The lowest BCUT2D eigenvalue weighted by Gasteiger charge is -2.38. The molecular formula is C19H20BrNO. The van der Waals surface area contributed by atoms with Crippen LogP contribution in [0.4, 0.5) is 0 Å². The van der Waals surface area contributed by atoms with Crippen LogP contribution in [0.15, 0.2) is 53.0 Å². The van der Waals surface area contributed by atoms with Gasteiger partial charge >= 0.3 is 0 Å². The number of halogens is 1. The summed E-state index contributed by atoms with van der Waals surface area (Å²) in [5, 5.41) is 0. The Morgan fingerprint density at radius 3 is 2.59 bits per heavy atom. The fraction of sp³-hybridized carbons (Fsp3) is 0.368.